The minimum Gasteiger partial charge on any atom is -0.756 e. The first kappa shape index (κ1) is 56.4. The van der Waals surface area contributed by atoms with Crippen LogP contribution in [0.25, 0.3) is 0 Å². The minimum atomic E-state index is -4.65. The molecule has 10 nitrogen and oxygen atoms in total. The normalized spacial score (nSPS) is 14.2. The molecule has 0 saturated heterocycles. The van der Waals surface area contributed by atoms with Crippen molar-refractivity contribution in [1.82, 2.24) is 0 Å². The van der Waals surface area contributed by atoms with Crippen molar-refractivity contribution in [3.05, 3.63) is 72.9 Å². The number of hydrogen-bond acceptors (Lipinski definition) is 9. The first-order valence-electron chi connectivity index (χ1n) is 22.8. The van der Waals surface area contributed by atoms with Gasteiger partial charge in [0, 0.05) is 19.4 Å². The van der Waals surface area contributed by atoms with Gasteiger partial charge in [-0.05, 0) is 89.9 Å². The van der Waals surface area contributed by atoms with Crippen molar-refractivity contribution < 1.29 is 47.2 Å². The lowest BCUT2D eigenvalue weighted by Gasteiger charge is -2.28. The molecule has 0 aliphatic rings. The molecule has 0 fully saturated rings. The van der Waals surface area contributed by atoms with E-state index in [2.05, 4.69) is 73.8 Å². The predicted octanol–water partition coefficient (Wildman–Crippen LogP) is 11.4. The first-order valence-corrected chi connectivity index (χ1v) is 24.2. The number of carbonyl (C=O) groups excluding carboxylic acids is 2. The van der Waals surface area contributed by atoms with Crippen LogP contribution in [0, 0.1) is 0 Å². The molecule has 0 amide bonds. The van der Waals surface area contributed by atoms with Gasteiger partial charge in [-0.3, -0.25) is 14.2 Å². The van der Waals surface area contributed by atoms with E-state index >= 15 is 0 Å². The van der Waals surface area contributed by atoms with E-state index in [4.69, 9.17) is 23.6 Å². The zero-order valence-corrected chi connectivity index (χ0v) is 38.5. The number of aliphatic hydroxyl groups is 1. The van der Waals surface area contributed by atoms with Crippen LogP contribution in [-0.4, -0.2) is 81.7 Å². The van der Waals surface area contributed by atoms with Gasteiger partial charge in [0.15, 0.2) is 6.10 Å². The van der Waals surface area contributed by atoms with Gasteiger partial charge in [-0.1, -0.05) is 131 Å². The molecule has 1 N–H and O–H groups in total. The maximum Gasteiger partial charge on any atom is 0.306 e. The molecular weight excluding hydrogens is 766 g/mol. The van der Waals surface area contributed by atoms with E-state index in [-0.39, 0.29) is 32.7 Å². The Balaban J connectivity index is 4.45. The Morgan fingerprint density at radius 2 is 1.02 bits per heavy atom. The van der Waals surface area contributed by atoms with Gasteiger partial charge < -0.3 is 33.0 Å². The molecular formula is C48H84NO9P. The number of allylic oxidation sites excluding steroid dienone is 12. The molecule has 0 spiro atoms. The largest absolute Gasteiger partial charge is 0.756 e. The second-order valence-electron chi connectivity index (χ2n) is 16.1. The smallest absolute Gasteiger partial charge is 0.306 e. The van der Waals surface area contributed by atoms with Crippen LogP contribution in [0.2, 0.25) is 0 Å². The van der Waals surface area contributed by atoms with E-state index in [1.807, 2.05) is 27.2 Å². The molecule has 0 radical (unpaired) electrons. The Morgan fingerprint density at radius 1 is 0.576 bits per heavy atom. The fourth-order valence-corrected chi connectivity index (χ4v) is 6.38. The summed E-state index contributed by atoms with van der Waals surface area (Å²) in [6, 6.07) is 0. The third-order valence-electron chi connectivity index (χ3n) is 9.25. The Kier molecular flexibility index (Phi) is 39.0. The fourth-order valence-electron chi connectivity index (χ4n) is 5.66. The van der Waals surface area contributed by atoms with E-state index in [0.29, 0.717) is 23.9 Å². The van der Waals surface area contributed by atoms with Crippen molar-refractivity contribution in [3.63, 3.8) is 0 Å². The van der Waals surface area contributed by atoms with E-state index in [0.717, 1.165) is 83.5 Å². The molecule has 2 atom stereocenters. The summed E-state index contributed by atoms with van der Waals surface area (Å²) >= 11 is 0. The highest BCUT2D eigenvalue weighted by Crippen LogP contribution is 2.38. The number of ether oxygens (including phenoxy) is 2. The third-order valence-corrected chi connectivity index (χ3v) is 10.2. The van der Waals surface area contributed by atoms with Crippen LogP contribution in [0.4, 0.5) is 0 Å². The minimum absolute atomic E-state index is 0.0490. The molecule has 0 aromatic heterocycles. The van der Waals surface area contributed by atoms with Crippen molar-refractivity contribution in [2.75, 3.05) is 54.1 Å². The van der Waals surface area contributed by atoms with Gasteiger partial charge in [0.2, 0.25) is 0 Å². The Bertz CT molecular complexity index is 1240. The Morgan fingerprint density at radius 3 is 1.53 bits per heavy atom. The number of carbonyl (C=O) groups is 2. The van der Waals surface area contributed by atoms with Crippen LogP contribution in [-0.2, 0) is 32.7 Å². The first-order chi connectivity index (χ1) is 28.5. The summed E-state index contributed by atoms with van der Waals surface area (Å²) < 4.78 is 33.8. The van der Waals surface area contributed by atoms with Crippen molar-refractivity contribution >= 4 is 19.8 Å². The number of esters is 2. The maximum atomic E-state index is 12.7. The van der Waals surface area contributed by atoms with Crippen molar-refractivity contribution in [1.29, 1.82) is 0 Å². The molecule has 11 heteroatoms. The molecule has 1 unspecified atom stereocenters. The Labute approximate surface area is 360 Å². The number of nitrogens with zero attached hydrogens (tertiary/aromatic N) is 1. The van der Waals surface area contributed by atoms with E-state index in [1.54, 1.807) is 0 Å². The fraction of sp³-hybridized carbons (Fsp3) is 0.708. The van der Waals surface area contributed by atoms with Crippen molar-refractivity contribution in [2.24, 2.45) is 0 Å². The van der Waals surface area contributed by atoms with Gasteiger partial charge in [-0.2, -0.15) is 0 Å². The number of phosphoric ester groups is 1. The van der Waals surface area contributed by atoms with Crippen LogP contribution >= 0.6 is 7.82 Å². The van der Waals surface area contributed by atoms with Crippen LogP contribution in [0.1, 0.15) is 161 Å². The molecule has 0 aromatic carbocycles. The van der Waals surface area contributed by atoms with Gasteiger partial charge in [0.05, 0.1) is 27.7 Å². The highest BCUT2D eigenvalue weighted by atomic mass is 31.2. The molecule has 0 aliphatic heterocycles. The van der Waals surface area contributed by atoms with Crippen LogP contribution in [0.3, 0.4) is 0 Å². The summed E-state index contributed by atoms with van der Waals surface area (Å²) in [4.78, 5) is 37.6. The quantitative estimate of drug-likeness (QED) is 0.0210. The summed E-state index contributed by atoms with van der Waals surface area (Å²) in [6.45, 7) is 2.12. The van der Waals surface area contributed by atoms with E-state index < -0.39 is 32.5 Å². The van der Waals surface area contributed by atoms with Crippen LogP contribution < -0.4 is 4.89 Å². The van der Waals surface area contributed by atoms with Gasteiger partial charge in [0.25, 0.3) is 7.82 Å². The molecule has 0 aliphatic carbocycles. The number of rotatable bonds is 41. The monoisotopic (exact) mass is 850 g/mol. The summed E-state index contributed by atoms with van der Waals surface area (Å²) in [5, 5.41) is 8.80. The number of hydrogen-bond donors (Lipinski definition) is 1. The Hall–Kier alpha value is -2.59. The highest BCUT2D eigenvalue weighted by Gasteiger charge is 2.21. The maximum absolute atomic E-state index is 12.7. The summed E-state index contributed by atoms with van der Waals surface area (Å²) in [6.07, 6.45) is 48.0. The number of likely N-dealkylation sites (N-methyl/N-ethyl adjacent to an activating group) is 1. The molecule has 0 saturated carbocycles. The van der Waals surface area contributed by atoms with Gasteiger partial charge in [-0.15, -0.1) is 0 Å². The SMILES string of the molecule is CCCCC/C=C\C/C=C\CCCCCCCCCC(=O)O[C@H](COC(=O)CCC/C=C\C/C=C\C/C=C\C/C=C\CCCCCO)COP(=O)([O-])OCC[N+](C)(C)C. The standard InChI is InChI=1S/C48H84NO9P/c1-5-6-7-8-9-10-11-12-13-15-19-22-25-28-31-34-37-40-48(52)58-46(45-57-59(53,54)56-43-41-49(2,3)4)44-55-47(51)39-36-33-30-27-24-21-18-16-14-17-20-23-26-29-32-35-38-42-50/h9-10,12-14,17-18,21,23,26-27,30,46,50H,5-8,11,15-16,19-20,22,24-25,28-29,31-45H2,1-4H3/b10-9-,13-12-,17-14-,21-18-,26-23-,30-27-/t46-/m1/s1. The van der Waals surface area contributed by atoms with Gasteiger partial charge in [0.1, 0.15) is 19.8 Å². The summed E-state index contributed by atoms with van der Waals surface area (Å²) in [5.74, 6) is -0.929. The molecule has 0 bridgehead atoms. The predicted molar refractivity (Wildman–Crippen MR) is 242 cm³/mol. The van der Waals surface area contributed by atoms with Gasteiger partial charge >= 0.3 is 11.9 Å². The number of unbranched alkanes of at least 4 members (excludes halogenated alkanes) is 14. The number of phosphoric acid groups is 1. The lowest BCUT2D eigenvalue weighted by atomic mass is 10.1. The lowest BCUT2D eigenvalue weighted by molar-refractivity contribution is -0.870. The van der Waals surface area contributed by atoms with E-state index in [1.165, 1.54) is 44.9 Å². The van der Waals surface area contributed by atoms with Crippen LogP contribution in [0.5, 0.6) is 0 Å². The zero-order valence-electron chi connectivity index (χ0n) is 37.6. The number of quaternary nitrogens is 1. The average molecular weight is 850 g/mol. The highest BCUT2D eigenvalue weighted by molar-refractivity contribution is 7.45. The molecule has 0 aromatic rings. The molecule has 0 heterocycles. The zero-order chi connectivity index (χ0) is 43.6. The second-order valence-corrected chi connectivity index (χ2v) is 17.5. The summed E-state index contributed by atoms with van der Waals surface area (Å²) in [5.41, 5.74) is 0. The number of aliphatic hydroxyl groups excluding tert-OH is 1. The lowest BCUT2D eigenvalue weighted by Crippen LogP contribution is -2.37. The van der Waals surface area contributed by atoms with Crippen LogP contribution in [0.15, 0.2) is 72.9 Å². The average Bonchev–Trinajstić information content (AvgIpc) is 3.19. The third kappa shape index (κ3) is 44.8. The molecule has 59 heavy (non-hydrogen) atoms. The topological polar surface area (TPSA) is 131 Å². The molecule has 340 valence electrons. The van der Waals surface area contributed by atoms with E-state index in [9.17, 15) is 19.0 Å². The molecule has 0 rings (SSSR count). The second kappa shape index (κ2) is 40.8. The van der Waals surface area contributed by atoms with Gasteiger partial charge in [-0.25, -0.2) is 0 Å². The summed E-state index contributed by atoms with van der Waals surface area (Å²) in [7, 11) is 1.10. The van der Waals surface area contributed by atoms with Crippen molar-refractivity contribution in [2.45, 2.75) is 167 Å². The van der Waals surface area contributed by atoms with Crippen molar-refractivity contribution in [3.8, 4) is 0 Å².